The Bertz CT molecular complexity index is 597. The number of hydrogen-bond acceptors (Lipinski definition) is 3. The molecule has 104 valence electrons. The summed E-state index contributed by atoms with van der Waals surface area (Å²) in [6, 6.07) is 14.9. The molecule has 0 aliphatic rings. The van der Waals surface area contributed by atoms with Gasteiger partial charge in [-0.25, -0.2) is 0 Å². The molecule has 3 N–H and O–H groups in total. The molecule has 2 aromatic rings. The Balaban J connectivity index is 1.80. The first-order valence-corrected chi connectivity index (χ1v) is 6.49. The van der Waals surface area contributed by atoms with Crippen molar-refractivity contribution in [3.05, 3.63) is 54.1 Å². The maximum atomic E-state index is 11.8. The Morgan fingerprint density at radius 3 is 2.75 bits per heavy atom. The van der Waals surface area contributed by atoms with Gasteiger partial charge >= 0.3 is 0 Å². The normalized spacial score (nSPS) is 10.1. The third-order valence-corrected chi connectivity index (χ3v) is 2.82. The fourth-order valence-electron chi connectivity index (χ4n) is 1.79. The van der Waals surface area contributed by atoms with Crippen LogP contribution in [0.25, 0.3) is 0 Å². The monoisotopic (exact) mass is 270 g/mol. The summed E-state index contributed by atoms with van der Waals surface area (Å²) in [5.41, 5.74) is 8.08. The zero-order valence-electron chi connectivity index (χ0n) is 11.4. The molecule has 0 fully saturated rings. The van der Waals surface area contributed by atoms with Gasteiger partial charge in [0.1, 0.15) is 5.75 Å². The Morgan fingerprint density at radius 1 is 1.20 bits per heavy atom. The number of nitrogen functional groups attached to an aromatic ring is 1. The lowest BCUT2D eigenvalue weighted by Gasteiger charge is -2.09. The van der Waals surface area contributed by atoms with Crippen molar-refractivity contribution in [2.45, 2.75) is 13.3 Å². The lowest BCUT2D eigenvalue weighted by molar-refractivity contribution is -0.116. The van der Waals surface area contributed by atoms with Crippen molar-refractivity contribution in [3.63, 3.8) is 0 Å². The molecule has 0 saturated heterocycles. The van der Waals surface area contributed by atoms with E-state index in [1.165, 1.54) is 0 Å². The molecular formula is C16H18N2O2. The van der Waals surface area contributed by atoms with Crippen molar-refractivity contribution in [1.82, 2.24) is 0 Å². The van der Waals surface area contributed by atoms with E-state index < -0.39 is 0 Å². The van der Waals surface area contributed by atoms with Gasteiger partial charge in [-0.15, -0.1) is 0 Å². The number of aryl methyl sites for hydroxylation is 1. The van der Waals surface area contributed by atoms with E-state index >= 15 is 0 Å². The van der Waals surface area contributed by atoms with E-state index in [4.69, 9.17) is 10.5 Å². The molecule has 2 aromatic carbocycles. The molecule has 0 aliphatic carbocycles. The summed E-state index contributed by atoms with van der Waals surface area (Å²) in [6.45, 7) is 2.33. The number of nitrogens with two attached hydrogens (primary N) is 1. The van der Waals surface area contributed by atoms with Crippen LogP contribution in [0.5, 0.6) is 5.75 Å². The minimum Gasteiger partial charge on any atom is -0.493 e. The predicted molar refractivity (Wildman–Crippen MR) is 80.8 cm³/mol. The van der Waals surface area contributed by atoms with Gasteiger partial charge in [0.15, 0.2) is 0 Å². The van der Waals surface area contributed by atoms with Crippen LogP contribution >= 0.6 is 0 Å². The first-order valence-electron chi connectivity index (χ1n) is 6.49. The molecule has 0 radical (unpaired) electrons. The molecule has 0 spiro atoms. The number of anilines is 2. The van der Waals surface area contributed by atoms with Crippen LogP contribution in [-0.4, -0.2) is 12.5 Å². The topological polar surface area (TPSA) is 64.3 Å². The van der Waals surface area contributed by atoms with Crippen LogP contribution in [0, 0.1) is 6.92 Å². The molecule has 0 aliphatic heterocycles. The van der Waals surface area contributed by atoms with Crippen molar-refractivity contribution in [2.75, 3.05) is 17.7 Å². The van der Waals surface area contributed by atoms with Crippen molar-refractivity contribution in [1.29, 1.82) is 0 Å². The van der Waals surface area contributed by atoms with E-state index in [1.807, 2.05) is 43.3 Å². The van der Waals surface area contributed by atoms with Crippen LogP contribution in [0.15, 0.2) is 48.5 Å². The van der Waals surface area contributed by atoms with Crippen LogP contribution in [0.1, 0.15) is 12.0 Å². The lowest BCUT2D eigenvalue weighted by Crippen LogP contribution is -2.16. The van der Waals surface area contributed by atoms with Crippen LogP contribution in [0.3, 0.4) is 0 Å². The number of para-hydroxylation sites is 2. The van der Waals surface area contributed by atoms with Gasteiger partial charge in [0, 0.05) is 0 Å². The van der Waals surface area contributed by atoms with Crippen molar-refractivity contribution < 1.29 is 9.53 Å². The summed E-state index contributed by atoms with van der Waals surface area (Å²) >= 11 is 0. The Morgan fingerprint density at radius 2 is 2.00 bits per heavy atom. The first-order chi connectivity index (χ1) is 9.65. The standard InChI is InChI=1S/C16H18N2O2/c1-12-5-4-6-13(11-12)20-10-9-16(19)18-15-8-3-2-7-14(15)17/h2-8,11H,9-10,17H2,1H3,(H,18,19). The number of amides is 1. The van der Waals surface area contributed by atoms with E-state index in [-0.39, 0.29) is 12.3 Å². The first kappa shape index (κ1) is 13.9. The number of hydrogen-bond donors (Lipinski definition) is 2. The summed E-state index contributed by atoms with van der Waals surface area (Å²) in [4.78, 5) is 11.8. The van der Waals surface area contributed by atoms with Crippen LogP contribution in [-0.2, 0) is 4.79 Å². The van der Waals surface area contributed by atoms with Gasteiger partial charge in [0.2, 0.25) is 5.91 Å². The highest BCUT2D eigenvalue weighted by molar-refractivity contribution is 5.93. The number of carbonyl (C=O) groups is 1. The largest absolute Gasteiger partial charge is 0.493 e. The summed E-state index contributed by atoms with van der Waals surface area (Å²) < 4.78 is 5.53. The number of benzene rings is 2. The molecule has 4 heteroatoms. The van der Waals surface area contributed by atoms with E-state index in [0.717, 1.165) is 11.3 Å². The molecule has 20 heavy (non-hydrogen) atoms. The van der Waals surface area contributed by atoms with Gasteiger partial charge in [-0.2, -0.15) is 0 Å². The smallest absolute Gasteiger partial charge is 0.227 e. The molecule has 0 atom stereocenters. The third kappa shape index (κ3) is 4.02. The van der Waals surface area contributed by atoms with Gasteiger partial charge < -0.3 is 15.8 Å². The average Bonchev–Trinajstić information content (AvgIpc) is 2.41. The summed E-state index contributed by atoms with van der Waals surface area (Å²) in [5, 5.41) is 2.76. The zero-order chi connectivity index (χ0) is 14.4. The van der Waals surface area contributed by atoms with E-state index in [0.29, 0.717) is 18.0 Å². The minimum atomic E-state index is -0.115. The van der Waals surface area contributed by atoms with Crippen molar-refractivity contribution in [2.24, 2.45) is 0 Å². The Kier molecular flexibility index (Phi) is 4.60. The van der Waals surface area contributed by atoms with Crippen molar-refractivity contribution >= 4 is 17.3 Å². The fourth-order valence-corrected chi connectivity index (χ4v) is 1.79. The van der Waals surface area contributed by atoms with E-state index in [1.54, 1.807) is 12.1 Å². The number of carbonyl (C=O) groups excluding carboxylic acids is 1. The SMILES string of the molecule is Cc1cccc(OCCC(=O)Nc2ccccc2N)c1. The summed E-state index contributed by atoms with van der Waals surface area (Å²) in [7, 11) is 0. The molecule has 0 aromatic heterocycles. The van der Waals surface area contributed by atoms with Crippen LogP contribution in [0.4, 0.5) is 11.4 Å². The second-order valence-electron chi connectivity index (χ2n) is 4.55. The molecule has 0 heterocycles. The summed E-state index contributed by atoms with van der Waals surface area (Å²) in [6.07, 6.45) is 0.280. The number of rotatable bonds is 5. The molecule has 0 unspecified atom stereocenters. The Hall–Kier alpha value is -2.49. The maximum Gasteiger partial charge on any atom is 0.227 e. The molecule has 1 amide bonds. The van der Waals surface area contributed by atoms with Crippen LogP contribution < -0.4 is 15.8 Å². The molecule has 2 rings (SSSR count). The summed E-state index contributed by atoms with van der Waals surface area (Å²) in [5.74, 6) is 0.660. The average molecular weight is 270 g/mol. The quantitative estimate of drug-likeness (QED) is 0.821. The highest BCUT2D eigenvalue weighted by Gasteiger charge is 2.05. The van der Waals surface area contributed by atoms with E-state index in [2.05, 4.69) is 5.32 Å². The zero-order valence-corrected chi connectivity index (χ0v) is 11.4. The van der Waals surface area contributed by atoms with E-state index in [9.17, 15) is 4.79 Å². The highest BCUT2D eigenvalue weighted by Crippen LogP contribution is 2.17. The van der Waals surface area contributed by atoms with Crippen molar-refractivity contribution in [3.8, 4) is 5.75 Å². The van der Waals surface area contributed by atoms with Gasteiger partial charge in [-0.1, -0.05) is 24.3 Å². The molecule has 4 nitrogen and oxygen atoms in total. The minimum absolute atomic E-state index is 0.115. The second kappa shape index (κ2) is 6.61. The van der Waals surface area contributed by atoms with Gasteiger partial charge in [-0.05, 0) is 36.8 Å². The Labute approximate surface area is 118 Å². The number of nitrogens with one attached hydrogen (secondary N) is 1. The maximum absolute atomic E-state index is 11.8. The highest BCUT2D eigenvalue weighted by atomic mass is 16.5. The second-order valence-corrected chi connectivity index (χ2v) is 4.55. The lowest BCUT2D eigenvalue weighted by atomic mass is 10.2. The fraction of sp³-hybridized carbons (Fsp3) is 0.188. The number of ether oxygens (including phenoxy) is 1. The van der Waals surface area contributed by atoms with Crippen LogP contribution in [0.2, 0.25) is 0 Å². The molecular weight excluding hydrogens is 252 g/mol. The third-order valence-electron chi connectivity index (χ3n) is 2.82. The van der Waals surface area contributed by atoms with Gasteiger partial charge in [0.05, 0.1) is 24.4 Å². The predicted octanol–water partition coefficient (Wildman–Crippen LogP) is 2.98. The molecule has 0 saturated carbocycles. The van der Waals surface area contributed by atoms with Gasteiger partial charge in [0.25, 0.3) is 0 Å². The molecule has 0 bridgehead atoms. The van der Waals surface area contributed by atoms with Gasteiger partial charge in [-0.3, -0.25) is 4.79 Å².